The van der Waals surface area contributed by atoms with Gasteiger partial charge in [-0.1, -0.05) is 5.21 Å². The second kappa shape index (κ2) is 5.95. The SMILES string of the molecule is COC1COC(CO)(Cn2cc(C3(O)CC(F)(F)C3)nn2)C(O)C1. The molecule has 3 atom stereocenters. The maximum absolute atomic E-state index is 13.0. The van der Waals surface area contributed by atoms with E-state index in [-0.39, 0.29) is 31.4 Å². The lowest BCUT2D eigenvalue weighted by Crippen LogP contribution is -2.57. The number of methoxy groups -OCH3 is 1. The molecule has 0 bridgehead atoms. The second-order valence-electron chi connectivity index (χ2n) is 6.69. The van der Waals surface area contributed by atoms with Crippen molar-refractivity contribution >= 4 is 0 Å². The molecule has 0 radical (unpaired) electrons. The predicted octanol–water partition coefficient (Wildman–Crippen LogP) is -0.578. The first-order chi connectivity index (χ1) is 11.2. The fraction of sp³-hybridized carbons (Fsp3) is 0.857. The molecule has 24 heavy (non-hydrogen) atoms. The number of halogens is 2. The van der Waals surface area contributed by atoms with Gasteiger partial charge in [-0.3, -0.25) is 0 Å². The molecule has 1 saturated carbocycles. The standard InChI is InChI=1S/C14H21F2N3O5/c1-23-9-2-11(21)13(8-20,24-4-9)7-19-3-10(17-18-19)12(22)5-14(15,16)6-12/h3,9,11,20-22H,2,4-8H2,1H3. The van der Waals surface area contributed by atoms with Crippen LogP contribution in [-0.4, -0.2) is 74.4 Å². The van der Waals surface area contributed by atoms with Gasteiger partial charge in [0.05, 0.1) is 38.2 Å². The molecule has 3 unspecified atom stereocenters. The zero-order valence-electron chi connectivity index (χ0n) is 13.2. The number of aliphatic hydroxyl groups excluding tert-OH is 2. The lowest BCUT2D eigenvalue weighted by molar-refractivity contribution is -0.214. The summed E-state index contributed by atoms with van der Waals surface area (Å²) < 4.78 is 38.1. The number of ether oxygens (including phenoxy) is 2. The summed E-state index contributed by atoms with van der Waals surface area (Å²) in [4.78, 5) is 0. The maximum Gasteiger partial charge on any atom is 0.254 e. The van der Waals surface area contributed by atoms with E-state index in [0.717, 1.165) is 0 Å². The van der Waals surface area contributed by atoms with E-state index in [2.05, 4.69) is 10.3 Å². The number of rotatable bonds is 5. The normalized spacial score (nSPS) is 34.8. The van der Waals surface area contributed by atoms with Crippen LogP contribution < -0.4 is 0 Å². The van der Waals surface area contributed by atoms with Gasteiger partial charge in [-0.25, -0.2) is 13.5 Å². The fourth-order valence-electron chi connectivity index (χ4n) is 3.25. The molecule has 1 aliphatic carbocycles. The zero-order valence-corrected chi connectivity index (χ0v) is 13.2. The topological polar surface area (TPSA) is 110 Å². The van der Waals surface area contributed by atoms with Crippen molar-refractivity contribution in [1.29, 1.82) is 0 Å². The molecule has 3 rings (SSSR count). The number of aliphatic hydroxyl groups is 3. The highest BCUT2D eigenvalue weighted by molar-refractivity contribution is 5.16. The van der Waals surface area contributed by atoms with Crippen LogP contribution in [0.15, 0.2) is 6.20 Å². The first-order valence-corrected chi connectivity index (χ1v) is 7.68. The van der Waals surface area contributed by atoms with Crippen molar-refractivity contribution in [3.8, 4) is 0 Å². The summed E-state index contributed by atoms with van der Waals surface area (Å²) in [7, 11) is 1.51. The Labute approximate surface area is 137 Å². The molecular formula is C14H21F2N3O5. The van der Waals surface area contributed by atoms with Crippen molar-refractivity contribution in [3.05, 3.63) is 11.9 Å². The number of aromatic nitrogens is 3. The van der Waals surface area contributed by atoms with Gasteiger partial charge < -0.3 is 24.8 Å². The molecule has 10 heteroatoms. The van der Waals surface area contributed by atoms with Crippen molar-refractivity contribution in [3.63, 3.8) is 0 Å². The molecule has 0 aromatic carbocycles. The number of hydrogen-bond acceptors (Lipinski definition) is 7. The molecule has 3 N–H and O–H groups in total. The van der Waals surface area contributed by atoms with Crippen molar-refractivity contribution in [2.24, 2.45) is 0 Å². The molecule has 2 fully saturated rings. The third kappa shape index (κ3) is 3.04. The molecule has 1 aromatic rings. The number of nitrogens with zero attached hydrogens (tertiary/aromatic N) is 3. The lowest BCUT2D eigenvalue weighted by Gasteiger charge is -2.42. The average molecular weight is 349 g/mol. The van der Waals surface area contributed by atoms with Gasteiger partial charge in [-0.15, -0.1) is 5.10 Å². The molecule has 1 aliphatic heterocycles. The van der Waals surface area contributed by atoms with E-state index in [0.29, 0.717) is 0 Å². The van der Waals surface area contributed by atoms with Crippen molar-refractivity contribution < 1.29 is 33.6 Å². The molecule has 0 spiro atoms. The Morgan fingerprint density at radius 2 is 2.17 bits per heavy atom. The number of hydrogen-bond donors (Lipinski definition) is 3. The molecule has 1 aromatic heterocycles. The molecule has 2 heterocycles. The maximum atomic E-state index is 13.0. The lowest BCUT2D eigenvalue weighted by atomic mass is 9.75. The minimum Gasteiger partial charge on any atom is -0.393 e. The third-order valence-electron chi connectivity index (χ3n) is 4.80. The largest absolute Gasteiger partial charge is 0.393 e. The van der Waals surface area contributed by atoms with Crippen LogP contribution in [-0.2, 0) is 21.6 Å². The summed E-state index contributed by atoms with van der Waals surface area (Å²) in [6.45, 7) is -0.283. The Hall–Kier alpha value is -1.20. The summed E-state index contributed by atoms with van der Waals surface area (Å²) >= 11 is 0. The quantitative estimate of drug-likeness (QED) is 0.652. The van der Waals surface area contributed by atoms with E-state index in [9.17, 15) is 24.1 Å². The van der Waals surface area contributed by atoms with E-state index in [1.807, 2.05) is 0 Å². The van der Waals surface area contributed by atoms with Crippen molar-refractivity contribution in [2.75, 3.05) is 20.3 Å². The number of alkyl halides is 2. The van der Waals surface area contributed by atoms with Crippen molar-refractivity contribution in [2.45, 2.75) is 55.1 Å². The van der Waals surface area contributed by atoms with Crippen molar-refractivity contribution in [1.82, 2.24) is 15.0 Å². The third-order valence-corrected chi connectivity index (χ3v) is 4.80. The first-order valence-electron chi connectivity index (χ1n) is 7.68. The van der Waals surface area contributed by atoms with Gasteiger partial charge in [-0.2, -0.15) is 0 Å². The Bertz CT molecular complexity index is 591. The minimum absolute atomic E-state index is 0.0272. The van der Waals surface area contributed by atoms with Gasteiger partial charge in [-0.05, 0) is 0 Å². The monoisotopic (exact) mass is 349 g/mol. The van der Waals surface area contributed by atoms with Crippen LogP contribution in [0.3, 0.4) is 0 Å². The van der Waals surface area contributed by atoms with E-state index >= 15 is 0 Å². The molecule has 136 valence electrons. The van der Waals surface area contributed by atoms with Gasteiger partial charge in [0.15, 0.2) is 0 Å². The highest BCUT2D eigenvalue weighted by atomic mass is 19.3. The van der Waals surface area contributed by atoms with Crippen LogP contribution in [0.4, 0.5) is 8.78 Å². The molecule has 1 saturated heterocycles. The summed E-state index contributed by atoms with van der Waals surface area (Å²) in [6.07, 6.45) is -1.04. The molecule has 8 nitrogen and oxygen atoms in total. The Morgan fingerprint density at radius 3 is 2.71 bits per heavy atom. The summed E-state index contributed by atoms with van der Waals surface area (Å²) in [6, 6.07) is 0. The Balaban J connectivity index is 1.72. The fourth-order valence-corrected chi connectivity index (χ4v) is 3.25. The Morgan fingerprint density at radius 1 is 1.46 bits per heavy atom. The average Bonchev–Trinajstić information content (AvgIpc) is 2.96. The van der Waals surface area contributed by atoms with Gasteiger partial charge in [0, 0.05) is 26.4 Å². The molecule has 0 amide bonds. The predicted molar refractivity (Wildman–Crippen MR) is 75.3 cm³/mol. The van der Waals surface area contributed by atoms with Gasteiger partial charge in [0.2, 0.25) is 0 Å². The van der Waals surface area contributed by atoms with Gasteiger partial charge >= 0.3 is 0 Å². The van der Waals surface area contributed by atoms with E-state index < -0.39 is 42.7 Å². The zero-order chi connectivity index (χ0) is 17.6. The molecule has 2 aliphatic rings. The van der Waals surface area contributed by atoms with Crippen LogP contribution in [0.5, 0.6) is 0 Å². The second-order valence-corrected chi connectivity index (χ2v) is 6.69. The first kappa shape index (κ1) is 17.6. The van der Waals surface area contributed by atoms with E-state index in [4.69, 9.17) is 9.47 Å². The highest BCUT2D eigenvalue weighted by Crippen LogP contribution is 2.50. The van der Waals surface area contributed by atoms with Crippen LogP contribution in [0.1, 0.15) is 25.0 Å². The summed E-state index contributed by atoms with van der Waals surface area (Å²) in [5.74, 6) is -2.90. The van der Waals surface area contributed by atoms with Crippen LogP contribution in [0.25, 0.3) is 0 Å². The highest BCUT2D eigenvalue weighted by Gasteiger charge is 2.58. The van der Waals surface area contributed by atoms with Crippen LogP contribution >= 0.6 is 0 Å². The van der Waals surface area contributed by atoms with Crippen LogP contribution in [0.2, 0.25) is 0 Å². The van der Waals surface area contributed by atoms with E-state index in [1.54, 1.807) is 0 Å². The van der Waals surface area contributed by atoms with Crippen LogP contribution in [0, 0.1) is 0 Å². The molecular weight excluding hydrogens is 328 g/mol. The summed E-state index contributed by atoms with van der Waals surface area (Å²) in [5.41, 5.74) is -2.94. The van der Waals surface area contributed by atoms with E-state index in [1.165, 1.54) is 18.0 Å². The summed E-state index contributed by atoms with van der Waals surface area (Å²) in [5, 5.41) is 37.7. The van der Waals surface area contributed by atoms with Gasteiger partial charge in [0.25, 0.3) is 5.92 Å². The smallest absolute Gasteiger partial charge is 0.254 e. The van der Waals surface area contributed by atoms with Gasteiger partial charge in [0.1, 0.15) is 16.9 Å². The minimum atomic E-state index is -2.90. The Kier molecular flexibility index (Phi) is 4.37.